The van der Waals surface area contributed by atoms with E-state index >= 15 is 0 Å². The molecule has 1 aromatic carbocycles. The molecule has 1 aliphatic carbocycles. The molecule has 0 amide bonds. The number of aromatic carboxylic acids is 1. The quantitative estimate of drug-likeness (QED) is 0.838. The molecule has 0 aromatic heterocycles. The van der Waals surface area contributed by atoms with Crippen LogP contribution in [-0.2, 0) is 4.79 Å². The van der Waals surface area contributed by atoms with Gasteiger partial charge in [0.2, 0.25) is 0 Å². The van der Waals surface area contributed by atoms with Gasteiger partial charge < -0.3 is 15.2 Å². The minimum absolute atomic E-state index is 0.0539. The molecule has 100 valence electrons. The van der Waals surface area contributed by atoms with E-state index in [-0.39, 0.29) is 17.3 Å². The Hall–Kier alpha value is -2.10. The van der Waals surface area contributed by atoms with Gasteiger partial charge in [-0.2, -0.15) is 0 Å². The highest BCUT2D eigenvalue weighted by atomic mass is 16.4. The average molecular weight is 258 g/mol. The van der Waals surface area contributed by atoms with Crippen LogP contribution in [-0.4, -0.2) is 11.8 Å². The summed E-state index contributed by atoms with van der Waals surface area (Å²) in [6.45, 7) is 1.92. The first-order chi connectivity index (χ1) is 9.09. The Labute approximate surface area is 112 Å². The third-order valence-corrected chi connectivity index (χ3v) is 3.40. The number of hydrogen-bond acceptors (Lipinski definition) is 4. The molecular formula is C15H16NO3-. The maximum atomic E-state index is 11.9. The van der Waals surface area contributed by atoms with Crippen molar-refractivity contribution < 1.29 is 14.7 Å². The second-order valence-corrected chi connectivity index (χ2v) is 4.80. The van der Waals surface area contributed by atoms with Crippen molar-refractivity contribution in [3.05, 3.63) is 41.6 Å². The van der Waals surface area contributed by atoms with Crippen molar-refractivity contribution in [2.75, 3.05) is 5.32 Å². The number of carbonyl (C=O) groups is 2. The zero-order chi connectivity index (χ0) is 13.8. The second kappa shape index (κ2) is 5.69. The predicted octanol–water partition coefficient (Wildman–Crippen LogP) is 1.73. The van der Waals surface area contributed by atoms with Crippen LogP contribution in [0.25, 0.3) is 0 Å². The van der Waals surface area contributed by atoms with Crippen molar-refractivity contribution in [3.63, 3.8) is 0 Å². The van der Waals surface area contributed by atoms with E-state index in [1.807, 2.05) is 6.92 Å². The molecule has 4 nitrogen and oxygen atoms in total. The maximum Gasteiger partial charge on any atom is 0.163 e. The van der Waals surface area contributed by atoms with Crippen LogP contribution in [0.3, 0.4) is 0 Å². The van der Waals surface area contributed by atoms with E-state index in [9.17, 15) is 14.7 Å². The van der Waals surface area contributed by atoms with Gasteiger partial charge in [0.25, 0.3) is 0 Å². The fourth-order valence-electron chi connectivity index (χ4n) is 2.26. The van der Waals surface area contributed by atoms with Gasteiger partial charge in [0.1, 0.15) is 0 Å². The largest absolute Gasteiger partial charge is 0.545 e. The van der Waals surface area contributed by atoms with Crippen LogP contribution in [0.5, 0.6) is 0 Å². The molecule has 1 atom stereocenters. The van der Waals surface area contributed by atoms with Crippen molar-refractivity contribution in [3.8, 4) is 0 Å². The minimum Gasteiger partial charge on any atom is -0.545 e. The predicted molar refractivity (Wildman–Crippen MR) is 70.5 cm³/mol. The van der Waals surface area contributed by atoms with Crippen molar-refractivity contribution in [2.45, 2.75) is 26.2 Å². The van der Waals surface area contributed by atoms with Crippen molar-refractivity contribution in [1.82, 2.24) is 0 Å². The molecule has 1 saturated carbocycles. The fourth-order valence-corrected chi connectivity index (χ4v) is 2.26. The number of anilines is 1. The highest BCUT2D eigenvalue weighted by molar-refractivity contribution is 5.98. The molecule has 0 aliphatic heterocycles. The summed E-state index contributed by atoms with van der Waals surface area (Å²) in [4.78, 5) is 22.9. The molecule has 0 bridgehead atoms. The number of benzene rings is 1. The lowest BCUT2D eigenvalue weighted by molar-refractivity contribution is -0.254. The summed E-state index contributed by atoms with van der Waals surface area (Å²) in [6, 6.07) is 6.50. The lowest BCUT2D eigenvalue weighted by Gasteiger charge is -2.19. The Kier molecular flexibility index (Phi) is 4.00. The molecule has 2 rings (SSSR count). The van der Waals surface area contributed by atoms with Crippen molar-refractivity contribution in [1.29, 1.82) is 0 Å². The third kappa shape index (κ3) is 3.02. The standard InChI is InChI=1S/C15H17NO3/c1-10-5-4-6-11(14(10)17)9-16-13-8-3-2-7-12(13)15(18)19/h2-3,7-10,16H,4-6H2,1H3,(H,18,19)/p-1/t10-/m1/s1. The summed E-state index contributed by atoms with van der Waals surface area (Å²) >= 11 is 0. The van der Waals surface area contributed by atoms with Crippen LogP contribution in [0.4, 0.5) is 5.69 Å². The molecule has 0 saturated heterocycles. The zero-order valence-corrected chi connectivity index (χ0v) is 10.8. The number of carbonyl (C=O) groups excluding carboxylic acids is 2. The molecule has 1 fully saturated rings. The number of para-hydroxylation sites is 1. The first kappa shape index (κ1) is 13.3. The highest BCUT2D eigenvalue weighted by Crippen LogP contribution is 2.25. The van der Waals surface area contributed by atoms with Gasteiger partial charge in [-0.1, -0.05) is 25.1 Å². The number of nitrogens with one attached hydrogen (secondary N) is 1. The molecule has 1 N–H and O–H groups in total. The van der Waals surface area contributed by atoms with E-state index in [4.69, 9.17) is 0 Å². The lowest BCUT2D eigenvalue weighted by atomic mass is 9.86. The smallest absolute Gasteiger partial charge is 0.163 e. The third-order valence-electron chi connectivity index (χ3n) is 3.40. The number of hydrogen-bond donors (Lipinski definition) is 1. The van der Waals surface area contributed by atoms with Gasteiger partial charge in [-0.25, -0.2) is 0 Å². The van der Waals surface area contributed by atoms with E-state index < -0.39 is 5.97 Å². The van der Waals surface area contributed by atoms with E-state index in [1.165, 1.54) is 6.07 Å². The second-order valence-electron chi connectivity index (χ2n) is 4.80. The molecule has 0 spiro atoms. The van der Waals surface area contributed by atoms with Gasteiger partial charge in [0, 0.05) is 28.9 Å². The lowest BCUT2D eigenvalue weighted by Crippen LogP contribution is -2.23. The van der Waals surface area contributed by atoms with Crippen LogP contribution in [0.2, 0.25) is 0 Å². The molecule has 0 heterocycles. The number of rotatable bonds is 3. The number of Topliss-reactive ketones (excluding diaryl/α,β-unsaturated/α-hetero) is 1. The molecule has 19 heavy (non-hydrogen) atoms. The van der Waals surface area contributed by atoms with Crippen LogP contribution < -0.4 is 10.4 Å². The molecular weight excluding hydrogens is 242 g/mol. The van der Waals surface area contributed by atoms with Gasteiger partial charge in [0.05, 0.1) is 5.97 Å². The van der Waals surface area contributed by atoms with Gasteiger partial charge in [-0.15, -0.1) is 0 Å². The van der Waals surface area contributed by atoms with Crippen LogP contribution in [0.15, 0.2) is 36.0 Å². The maximum absolute atomic E-state index is 11.9. The van der Waals surface area contributed by atoms with Gasteiger partial charge in [0.15, 0.2) is 5.78 Å². The van der Waals surface area contributed by atoms with Crippen molar-refractivity contribution >= 4 is 17.4 Å². The molecule has 4 heteroatoms. The highest BCUT2D eigenvalue weighted by Gasteiger charge is 2.22. The van der Waals surface area contributed by atoms with Crippen LogP contribution in [0, 0.1) is 5.92 Å². The van der Waals surface area contributed by atoms with E-state index in [0.29, 0.717) is 5.69 Å². The minimum atomic E-state index is -1.23. The number of ketones is 1. The SMILES string of the molecule is C[C@@H]1CCCC(=CNc2ccccc2C(=O)[O-])C1=O. The monoisotopic (exact) mass is 258 g/mol. The van der Waals surface area contributed by atoms with Gasteiger partial charge in [-0.05, 0) is 25.3 Å². The summed E-state index contributed by atoms with van der Waals surface area (Å²) in [5.74, 6) is -1.03. The zero-order valence-electron chi connectivity index (χ0n) is 10.8. The Morgan fingerprint density at radius 2 is 2.16 bits per heavy atom. The Bertz CT molecular complexity index is 534. The van der Waals surface area contributed by atoms with Gasteiger partial charge >= 0.3 is 0 Å². The average Bonchev–Trinajstić information content (AvgIpc) is 2.40. The summed E-state index contributed by atoms with van der Waals surface area (Å²) < 4.78 is 0. The first-order valence-corrected chi connectivity index (χ1v) is 6.39. The molecule has 0 unspecified atom stereocenters. The Morgan fingerprint density at radius 1 is 1.42 bits per heavy atom. The van der Waals surface area contributed by atoms with Gasteiger partial charge in [-0.3, -0.25) is 4.79 Å². The number of carboxylic acid groups (broad SMARTS) is 1. The Balaban J connectivity index is 2.18. The molecule has 0 radical (unpaired) electrons. The Morgan fingerprint density at radius 3 is 2.89 bits per heavy atom. The summed E-state index contributed by atoms with van der Waals surface area (Å²) in [5, 5.41) is 13.9. The van der Waals surface area contributed by atoms with E-state index in [2.05, 4.69) is 5.32 Å². The number of allylic oxidation sites excluding steroid dienone is 1. The topological polar surface area (TPSA) is 69.2 Å². The molecule has 1 aromatic rings. The summed E-state index contributed by atoms with van der Waals surface area (Å²) in [7, 11) is 0. The normalized spacial score (nSPS) is 21.4. The fraction of sp³-hybridized carbons (Fsp3) is 0.333. The first-order valence-electron chi connectivity index (χ1n) is 6.39. The number of carboxylic acids is 1. The molecule has 1 aliphatic rings. The van der Waals surface area contributed by atoms with Crippen molar-refractivity contribution in [2.24, 2.45) is 5.92 Å². The van der Waals surface area contributed by atoms with E-state index in [1.54, 1.807) is 24.4 Å². The van der Waals surface area contributed by atoms with Crippen LogP contribution in [0.1, 0.15) is 36.5 Å². The van der Waals surface area contributed by atoms with Crippen LogP contribution >= 0.6 is 0 Å². The summed E-state index contributed by atoms with van der Waals surface area (Å²) in [6.07, 6.45) is 4.28. The van der Waals surface area contributed by atoms with E-state index in [0.717, 1.165) is 24.8 Å². The summed E-state index contributed by atoms with van der Waals surface area (Å²) in [5.41, 5.74) is 1.27.